The van der Waals surface area contributed by atoms with Gasteiger partial charge >= 0.3 is 5.69 Å². The zero-order valence-corrected chi connectivity index (χ0v) is 10.7. The van der Waals surface area contributed by atoms with Crippen LogP contribution in [0.15, 0.2) is 12.1 Å². The number of halogens is 2. The molecule has 2 rings (SSSR count). The van der Waals surface area contributed by atoms with Crippen LogP contribution >= 0.6 is 11.3 Å². The minimum Gasteiger partial charge on any atom is -0.296 e. The summed E-state index contributed by atoms with van der Waals surface area (Å²) < 4.78 is 27.0. The van der Waals surface area contributed by atoms with Gasteiger partial charge in [-0.25, -0.2) is 4.39 Å². The van der Waals surface area contributed by atoms with Gasteiger partial charge in [0.05, 0.1) is 16.6 Å². The molecular formula is C10H6F2N4O3S. The van der Waals surface area contributed by atoms with Crippen molar-refractivity contribution >= 4 is 28.1 Å². The topological polar surface area (TPSA) is 98.0 Å². The SMILES string of the molecule is Cc1nnc(NC(=O)c2cc(F)c([N+](=O)[O-])cc2F)s1. The summed E-state index contributed by atoms with van der Waals surface area (Å²) in [6.45, 7) is 1.65. The molecule has 0 aliphatic carbocycles. The average molecular weight is 300 g/mol. The van der Waals surface area contributed by atoms with Gasteiger partial charge in [-0.05, 0) is 13.0 Å². The predicted molar refractivity (Wildman–Crippen MR) is 65.6 cm³/mol. The summed E-state index contributed by atoms with van der Waals surface area (Å²) in [5.41, 5.74) is -1.69. The molecule has 0 aliphatic heterocycles. The Balaban J connectivity index is 2.30. The molecule has 0 fully saturated rings. The number of nitrogens with zero attached hydrogens (tertiary/aromatic N) is 3. The largest absolute Gasteiger partial charge is 0.307 e. The standard InChI is InChI=1S/C10H6F2N4O3S/c1-4-14-15-10(20-4)13-9(17)5-2-7(12)8(16(18)19)3-6(5)11/h2-3H,1H3,(H,13,15,17). The van der Waals surface area contributed by atoms with Crippen LogP contribution in [0.1, 0.15) is 15.4 Å². The third kappa shape index (κ3) is 2.74. The molecule has 7 nitrogen and oxygen atoms in total. The number of nitro groups is 1. The van der Waals surface area contributed by atoms with Crippen molar-refractivity contribution in [3.05, 3.63) is 44.5 Å². The normalized spacial score (nSPS) is 10.3. The Morgan fingerprint density at radius 1 is 1.35 bits per heavy atom. The fraction of sp³-hybridized carbons (Fsp3) is 0.100. The Bertz CT molecular complexity index is 704. The highest BCUT2D eigenvalue weighted by molar-refractivity contribution is 7.15. The second kappa shape index (κ2) is 5.25. The molecular weight excluding hydrogens is 294 g/mol. The number of nitro benzene ring substituents is 1. The fourth-order valence-electron chi connectivity index (χ4n) is 1.36. The molecule has 0 atom stereocenters. The third-order valence-electron chi connectivity index (χ3n) is 2.22. The number of anilines is 1. The molecule has 0 bridgehead atoms. The molecule has 2 aromatic rings. The molecule has 0 spiro atoms. The number of carbonyl (C=O) groups is 1. The van der Waals surface area contributed by atoms with Crippen molar-refractivity contribution in [2.75, 3.05) is 5.32 Å². The van der Waals surface area contributed by atoms with Gasteiger partial charge < -0.3 is 0 Å². The first kappa shape index (κ1) is 13.9. The van der Waals surface area contributed by atoms with Crippen LogP contribution in [0.5, 0.6) is 0 Å². The molecule has 1 amide bonds. The smallest absolute Gasteiger partial charge is 0.296 e. The van der Waals surface area contributed by atoms with Gasteiger partial charge in [-0.3, -0.25) is 20.2 Å². The van der Waals surface area contributed by atoms with E-state index in [0.29, 0.717) is 17.1 Å². The van der Waals surface area contributed by atoms with E-state index in [9.17, 15) is 23.7 Å². The van der Waals surface area contributed by atoms with Crippen LogP contribution in [0, 0.1) is 28.7 Å². The maximum atomic E-state index is 13.6. The van der Waals surface area contributed by atoms with E-state index in [1.54, 1.807) is 6.92 Å². The van der Waals surface area contributed by atoms with Crippen LogP contribution in [0.2, 0.25) is 0 Å². The second-order valence-electron chi connectivity index (χ2n) is 3.62. The Labute approximate surface area is 114 Å². The molecule has 1 heterocycles. The first-order valence-corrected chi connectivity index (χ1v) is 5.95. The molecule has 0 saturated heterocycles. The summed E-state index contributed by atoms with van der Waals surface area (Å²) >= 11 is 1.05. The van der Waals surface area contributed by atoms with Crippen molar-refractivity contribution in [2.45, 2.75) is 6.92 Å². The number of amides is 1. The van der Waals surface area contributed by atoms with E-state index in [4.69, 9.17) is 0 Å². The first-order chi connectivity index (χ1) is 9.38. The summed E-state index contributed by atoms with van der Waals surface area (Å²) in [5, 5.41) is 20.6. The van der Waals surface area contributed by atoms with Crippen LogP contribution < -0.4 is 5.32 Å². The molecule has 1 aromatic heterocycles. The summed E-state index contributed by atoms with van der Waals surface area (Å²) in [6, 6.07) is 0.826. The number of benzene rings is 1. The number of hydrogen-bond donors (Lipinski definition) is 1. The number of aromatic nitrogens is 2. The molecule has 0 saturated carbocycles. The highest BCUT2D eigenvalue weighted by Crippen LogP contribution is 2.22. The third-order valence-corrected chi connectivity index (χ3v) is 2.98. The lowest BCUT2D eigenvalue weighted by atomic mass is 10.1. The van der Waals surface area contributed by atoms with E-state index in [0.717, 1.165) is 11.3 Å². The van der Waals surface area contributed by atoms with Crippen molar-refractivity contribution in [1.29, 1.82) is 0 Å². The molecule has 1 N–H and O–H groups in total. The summed E-state index contributed by atoms with van der Waals surface area (Å²) in [4.78, 5) is 21.1. The van der Waals surface area contributed by atoms with Gasteiger partial charge in [-0.2, -0.15) is 4.39 Å². The van der Waals surface area contributed by atoms with Gasteiger partial charge in [-0.1, -0.05) is 11.3 Å². The van der Waals surface area contributed by atoms with Crippen molar-refractivity contribution in [3.8, 4) is 0 Å². The minimum absolute atomic E-state index is 0.116. The molecule has 104 valence electrons. The average Bonchev–Trinajstić information content (AvgIpc) is 2.76. The summed E-state index contributed by atoms with van der Waals surface area (Å²) in [6.07, 6.45) is 0. The lowest BCUT2D eigenvalue weighted by Crippen LogP contribution is -2.14. The van der Waals surface area contributed by atoms with E-state index in [1.165, 1.54) is 0 Å². The van der Waals surface area contributed by atoms with Gasteiger partial charge in [0, 0.05) is 0 Å². The Hall–Kier alpha value is -2.49. The maximum absolute atomic E-state index is 13.6. The lowest BCUT2D eigenvalue weighted by Gasteiger charge is -2.03. The van der Waals surface area contributed by atoms with Gasteiger partial charge in [-0.15, -0.1) is 10.2 Å². The second-order valence-corrected chi connectivity index (χ2v) is 4.80. The molecule has 10 heteroatoms. The van der Waals surface area contributed by atoms with E-state index >= 15 is 0 Å². The van der Waals surface area contributed by atoms with Gasteiger partial charge in [0.1, 0.15) is 10.8 Å². The van der Waals surface area contributed by atoms with Gasteiger partial charge in [0.2, 0.25) is 10.9 Å². The van der Waals surface area contributed by atoms with Crippen LogP contribution in [-0.4, -0.2) is 21.0 Å². The number of nitrogens with one attached hydrogen (secondary N) is 1. The van der Waals surface area contributed by atoms with Crippen molar-refractivity contribution in [3.63, 3.8) is 0 Å². The molecule has 0 radical (unpaired) electrons. The van der Waals surface area contributed by atoms with Crippen molar-refractivity contribution < 1.29 is 18.5 Å². The van der Waals surface area contributed by atoms with Crippen LogP contribution in [0.3, 0.4) is 0 Å². The van der Waals surface area contributed by atoms with Gasteiger partial charge in [0.15, 0.2) is 0 Å². The van der Waals surface area contributed by atoms with E-state index < -0.39 is 33.7 Å². The zero-order valence-electron chi connectivity index (χ0n) is 9.89. The molecule has 20 heavy (non-hydrogen) atoms. The number of hydrogen-bond acceptors (Lipinski definition) is 6. The van der Waals surface area contributed by atoms with Crippen LogP contribution in [0.4, 0.5) is 19.6 Å². The summed E-state index contributed by atoms with van der Waals surface area (Å²) in [7, 11) is 0. The number of carbonyl (C=O) groups excluding carboxylic acids is 1. The van der Waals surface area contributed by atoms with E-state index in [-0.39, 0.29) is 5.13 Å². The molecule has 0 aliphatic rings. The quantitative estimate of drug-likeness (QED) is 0.692. The predicted octanol–water partition coefficient (Wildman–Crippen LogP) is 2.29. The van der Waals surface area contributed by atoms with Crippen molar-refractivity contribution in [2.24, 2.45) is 0 Å². The fourth-order valence-corrected chi connectivity index (χ4v) is 1.95. The van der Waals surface area contributed by atoms with Crippen molar-refractivity contribution in [1.82, 2.24) is 10.2 Å². The maximum Gasteiger partial charge on any atom is 0.307 e. The monoisotopic (exact) mass is 300 g/mol. The van der Waals surface area contributed by atoms with Crippen LogP contribution in [0.25, 0.3) is 0 Å². The highest BCUT2D eigenvalue weighted by atomic mass is 32.1. The Morgan fingerprint density at radius 2 is 2.05 bits per heavy atom. The number of aryl methyl sites for hydroxylation is 1. The van der Waals surface area contributed by atoms with E-state index in [1.807, 2.05) is 0 Å². The Morgan fingerprint density at radius 3 is 2.60 bits per heavy atom. The van der Waals surface area contributed by atoms with Gasteiger partial charge in [0.25, 0.3) is 5.91 Å². The highest BCUT2D eigenvalue weighted by Gasteiger charge is 2.22. The van der Waals surface area contributed by atoms with E-state index in [2.05, 4.69) is 15.5 Å². The minimum atomic E-state index is -1.30. The number of rotatable bonds is 3. The zero-order chi connectivity index (χ0) is 14.9. The molecule has 1 aromatic carbocycles. The Kier molecular flexibility index (Phi) is 3.66. The molecule has 0 unspecified atom stereocenters. The first-order valence-electron chi connectivity index (χ1n) is 5.13. The summed E-state index contributed by atoms with van der Waals surface area (Å²) in [5.74, 6) is -3.46. The lowest BCUT2D eigenvalue weighted by molar-refractivity contribution is -0.387. The van der Waals surface area contributed by atoms with Crippen LogP contribution in [-0.2, 0) is 0 Å².